The van der Waals surface area contributed by atoms with Crippen molar-refractivity contribution in [2.24, 2.45) is 7.05 Å². The summed E-state index contributed by atoms with van der Waals surface area (Å²) in [5, 5.41) is 0. The lowest BCUT2D eigenvalue weighted by Gasteiger charge is -2.36. The van der Waals surface area contributed by atoms with Crippen LogP contribution in [0.3, 0.4) is 0 Å². The molecule has 9 heteroatoms. The smallest absolute Gasteiger partial charge is 0.410 e. The molecule has 0 bridgehead atoms. The number of rotatable bonds is 2. The first-order valence-electron chi connectivity index (χ1n) is 9.50. The summed E-state index contributed by atoms with van der Waals surface area (Å²) < 4.78 is 9.49. The van der Waals surface area contributed by atoms with Crippen LogP contribution in [0, 0.1) is 11.8 Å². The van der Waals surface area contributed by atoms with Crippen molar-refractivity contribution in [2.45, 2.75) is 39.8 Å². The number of hydrogen-bond acceptors (Lipinski definition) is 5. The Morgan fingerprint density at radius 2 is 1.90 bits per heavy atom. The topological polar surface area (TPSA) is 72.6 Å². The molecule has 1 aliphatic heterocycles. The molecule has 1 saturated heterocycles. The largest absolute Gasteiger partial charge is 0.444 e. The van der Waals surface area contributed by atoms with Gasteiger partial charge in [0, 0.05) is 39.4 Å². The highest BCUT2D eigenvalue weighted by molar-refractivity contribution is 9.10. The van der Waals surface area contributed by atoms with Crippen LogP contribution in [-0.2, 0) is 18.3 Å². The summed E-state index contributed by atoms with van der Waals surface area (Å²) in [4.78, 5) is 33.5. The van der Waals surface area contributed by atoms with Crippen LogP contribution in [-0.4, -0.2) is 56.9 Å². The van der Waals surface area contributed by atoms with Crippen LogP contribution in [0.1, 0.15) is 27.7 Å². The number of fused-ring (bicyclic) bond motifs is 1. The number of carbonyl (C=O) groups excluding carboxylic acids is 1. The minimum Gasteiger partial charge on any atom is -0.444 e. The Morgan fingerprint density at radius 3 is 2.48 bits per heavy atom. The Labute approximate surface area is 178 Å². The predicted octanol–water partition coefficient (Wildman–Crippen LogP) is 2.58. The first-order chi connectivity index (χ1) is 13.6. The number of hydrogen-bond donors (Lipinski definition) is 0. The molecule has 0 spiro atoms. The Bertz CT molecular complexity index is 1050. The molecule has 0 saturated carbocycles. The lowest BCUT2D eigenvalue weighted by molar-refractivity contribution is 0.0240. The second-order valence-electron chi connectivity index (χ2n) is 7.94. The van der Waals surface area contributed by atoms with E-state index in [0.717, 1.165) is 21.3 Å². The maximum absolute atomic E-state index is 12.8. The number of nitrogens with zero attached hydrogens (tertiary/aromatic N) is 5. The van der Waals surface area contributed by atoms with Gasteiger partial charge in [0.2, 0.25) is 0 Å². The van der Waals surface area contributed by atoms with Crippen molar-refractivity contribution in [3.05, 3.63) is 21.2 Å². The summed E-state index contributed by atoms with van der Waals surface area (Å²) in [5.41, 5.74) is 0.881. The van der Waals surface area contributed by atoms with E-state index < -0.39 is 5.60 Å². The highest BCUT2D eigenvalue weighted by atomic mass is 79.9. The average molecular weight is 464 g/mol. The minimum atomic E-state index is -0.520. The summed E-state index contributed by atoms with van der Waals surface area (Å²) >= 11 is 3.52. The minimum absolute atomic E-state index is 0.134. The molecule has 0 aromatic carbocycles. The maximum atomic E-state index is 12.8. The van der Waals surface area contributed by atoms with Crippen molar-refractivity contribution in [3.63, 3.8) is 0 Å². The van der Waals surface area contributed by atoms with Crippen molar-refractivity contribution < 1.29 is 9.53 Å². The van der Waals surface area contributed by atoms with Crippen molar-refractivity contribution in [2.75, 3.05) is 31.1 Å². The van der Waals surface area contributed by atoms with Gasteiger partial charge in [-0.05, 0) is 43.6 Å². The van der Waals surface area contributed by atoms with Crippen LogP contribution < -0.4 is 10.6 Å². The molecule has 0 atom stereocenters. The van der Waals surface area contributed by atoms with Crippen molar-refractivity contribution in [3.8, 4) is 11.8 Å². The molecule has 2 aromatic rings. The van der Waals surface area contributed by atoms with E-state index >= 15 is 0 Å². The molecule has 29 heavy (non-hydrogen) atoms. The van der Waals surface area contributed by atoms with Gasteiger partial charge in [0.15, 0.2) is 5.82 Å². The molecule has 1 amide bonds. The fraction of sp³-hybridized carbons (Fsp3) is 0.550. The second-order valence-corrected chi connectivity index (χ2v) is 8.79. The van der Waals surface area contributed by atoms with Crippen LogP contribution in [0.15, 0.2) is 15.5 Å². The van der Waals surface area contributed by atoms with Gasteiger partial charge < -0.3 is 14.5 Å². The highest BCUT2D eigenvalue weighted by Crippen LogP contribution is 2.30. The molecule has 3 heterocycles. The normalized spacial score (nSPS) is 14.7. The van der Waals surface area contributed by atoms with Gasteiger partial charge in [0.1, 0.15) is 11.1 Å². The number of halogens is 1. The van der Waals surface area contributed by atoms with Gasteiger partial charge in [-0.25, -0.2) is 14.6 Å². The van der Waals surface area contributed by atoms with E-state index in [4.69, 9.17) is 4.74 Å². The summed E-state index contributed by atoms with van der Waals surface area (Å²) in [6, 6.07) is 0. The summed E-state index contributed by atoms with van der Waals surface area (Å²) in [5.74, 6) is 6.54. The fourth-order valence-electron chi connectivity index (χ4n) is 3.36. The Kier molecular flexibility index (Phi) is 5.94. The zero-order valence-corrected chi connectivity index (χ0v) is 19.0. The van der Waals surface area contributed by atoms with E-state index in [9.17, 15) is 9.59 Å². The molecular weight excluding hydrogens is 438 g/mol. The number of carbonyl (C=O) groups is 1. The Hall–Kier alpha value is -2.47. The van der Waals surface area contributed by atoms with Gasteiger partial charge in [-0.3, -0.25) is 9.13 Å². The number of piperazine rings is 1. The monoisotopic (exact) mass is 463 g/mol. The number of ether oxygens (including phenoxy) is 1. The SMILES string of the molecule is CC#CCn1c(=O)n(C)c2c(Br)cnc(N3CCN(C(=O)OC(C)(C)C)CC3)c21. The van der Waals surface area contributed by atoms with Gasteiger partial charge in [-0.1, -0.05) is 5.92 Å². The van der Waals surface area contributed by atoms with Crippen molar-refractivity contribution >= 4 is 38.9 Å². The van der Waals surface area contributed by atoms with Crippen LogP contribution in [0.25, 0.3) is 11.0 Å². The first kappa shape index (κ1) is 21.2. The van der Waals surface area contributed by atoms with Gasteiger partial charge in [0.25, 0.3) is 0 Å². The number of anilines is 1. The molecular formula is C20H26BrN5O3. The van der Waals surface area contributed by atoms with E-state index in [-0.39, 0.29) is 11.8 Å². The molecule has 0 aliphatic carbocycles. The molecule has 0 radical (unpaired) electrons. The lowest BCUT2D eigenvalue weighted by Crippen LogP contribution is -2.50. The van der Waals surface area contributed by atoms with E-state index in [1.54, 1.807) is 34.2 Å². The first-order valence-corrected chi connectivity index (χ1v) is 10.3. The maximum Gasteiger partial charge on any atom is 0.410 e. The lowest BCUT2D eigenvalue weighted by atomic mass is 10.2. The number of pyridine rings is 1. The summed E-state index contributed by atoms with van der Waals surface area (Å²) in [6.45, 7) is 9.89. The standard InChI is InChI=1S/C20H26BrN5O3/c1-6-7-8-26-16-15(23(5)18(26)27)14(21)13-22-17(16)24-9-11-25(12-10-24)19(28)29-20(2,3)4/h13H,8-12H2,1-5H3. The van der Waals surface area contributed by atoms with Gasteiger partial charge in [0.05, 0.1) is 16.5 Å². The van der Waals surface area contributed by atoms with E-state index in [0.29, 0.717) is 32.7 Å². The fourth-order valence-corrected chi connectivity index (χ4v) is 3.92. The van der Waals surface area contributed by atoms with E-state index in [1.807, 2.05) is 20.8 Å². The van der Waals surface area contributed by atoms with Crippen LogP contribution in [0.4, 0.5) is 10.6 Å². The zero-order chi connectivity index (χ0) is 21.3. The summed E-state index contributed by atoms with van der Waals surface area (Å²) in [6.07, 6.45) is 1.41. The third kappa shape index (κ3) is 4.27. The molecule has 1 fully saturated rings. The quantitative estimate of drug-likeness (QED) is 0.639. The predicted molar refractivity (Wildman–Crippen MR) is 116 cm³/mol. The van der Waals surface area contributed by atoms with Gasteiger partial charge in [-0.2, -0.15) is 0 Å². The number of aromatic nitrogens is 3. The molecule has 156 valence electrons. The molecule has 8 nitrogen and oxygen atoms in total. The number of amides is 1. The average Bonchev–Trinajstić information content (AvgIpc) is 2.91. The van der Waals surface area contributed by atoms with E-state index in [2.05, 4.69) is 37.7 Å². The molecule has 3 rings (SSSR count). The van der Waals surface area contributed by atoms with Crippen molar-refractivity contribution in [1.29, 1.82) is 0 Å². The third-order valence-electron chi connectivity index (χ3n) is 4.73. The van der Waals surface area contributed by atoms with Crippen LogP contribution in [0.2, 0.25) is 0 Å². The van der Waals surface area contributed by atoms with Gasteiger partial charge in [-0.15, -0.1) is 5.92 Å². The number of imidazole rings is 1. The molecule has 1 aliphatic rings. The van der Waals surface area contributed by atoms with E-state index in [1.165, 1.54) is 0 Å². The van der Waals surface area contributed by atoms with Crippen molar-refractivity contribution in [1.82, 2.24) is 19.0 Å². The number of aryl methyl sites for hydroxylation is 1. The van der Waals surface area contributed by atoms with Crippen LogP contribution in [0.5, 0.6) is 0 Å². The summed E-state index contributed by atoms with van der Waals surface area (Å²) in [7, 11) is 1.75. The Balaban J connectivity index is 1.92. The Morgan fingerprint density at radius 1 is 1.24 bits per heavy atom. The highest BCUT2D eigenvalue weighted by Gasteiger charge is 2.28. The molecule has 2 aromatic heterocycles. The molecule has 0 unspecified atom stereocenters. The van der Waals surface area contributed by atoms with Crippen LogP contribution >= 0.6 is 15.9 Å². The third-order valence-corrected chi connectivity index (χ3v) is 5.31. The van der Waals surface area contributed by atoms with Gasteiger partial charge >= 0.3 is 11.8 Å². The molecule has 0 N–H and O–H groups in total. The zero-order valence-electron chi connectivity index (χ0n) is 17.5. The second kappa shape index (κ2) is 8.11.